The summed E-state index contributed by atoms with van der Waals surface area (Å²) in [5, 5.41) is -0.196. The van der Waals surface area contributed by atoms with Crippen LogP contribution in [0.2, 0.25) is 0 Å². The van der Waals surface area contributed by atoms with Crippen LogP contribution in [0.4, 0.5) is 5.69 Å². The van der Waals surface area contributed by atoms with Crippen molar-refractivity contribution >= 4 is 20.7 Å². The Morgan fingerprint density at radius 3 is 2.60 bits per heavy atom. The first-order chi connectivity index (χ1) is 11.9. The number of hydrogen-bond acceptors (Lipinski definition) is 5. The van der Waals surface area contributed by atoms with Crippen molar-refractivity contribution in [1.82, 2.24) is 5.43 Å². The number of aliphatic imine (C=N–C) groups is 1. The molecule has 3 N–H and O–H groups in total. The topological polar surface area (TPSA) is 97.1 Å². The van der Waals surface area contributed by atoms with Gasteiger partial charge in [-0.2, -0.15) is 0 Å². The quantitative estimate of drug-likeness (QED) is 0.242. The molecule has 1 saturated heterocycles. The molecule has 0 aliphatic carbocycles. The lowest BCUT2D eigenvalue weighted by Gasteiger charge is -2.13. The van der Waals surface area contributed by atoms with Crippen molar-refractivity contribution in [2.75, 3.05) is 5.75 Å². The summed E-state index contributed by atoms with van der Waals surface area (Å²) in [6.07, 6.45) is 3.46. The van der Waals surface area contributed by atoms with Gasteiger partial charge in [0.25, 0.3) is 0 Å². The maximum Gasteiger partial charge on any atom is 0.235 e. The van der Waals surface area contributed by atoms with E-state index in [4.69, 9.17) is 10.6 Å². The molecule has 1 aliphatic heterocycles. The zero-order valence-electron chi connectivity index (χ0n) is 15.2. The average molecular weight is 368 g/mol. The number of rotatable bonds is 8. The first-order valence-corrected chi connectivity index (χ1v) is 10.5. The fraction of sp³-hybridized carbons (Fsp3) is 0.611. The number of epoxide rings is 1. The number of sulfone groups is 1. The van der Waals surface area contributed by atoms with E-state index in [1.807, 2.05) is 13.0 Å². The summed E-state index contributed by atoms with van der Waals surface area (Å²) in [6, 6.07) is 8.90. The van der Waals surface area contributed by atoms with Gasteiger partial charge in [-0.3, -0.25) is 5.43 Å². The van der Waals surface area contributed by atoms with Crippen LogP contribution >= 0.6 is 0 Å². The molecular weight excluding hydrogens is 338 g/mol. The summed E-state index contributed by atoms with van der Waals surface area (Å²) >= 11 is 0. The molecule has 0 amide bonds. The van der Waals surface area contributed by atoms with Crippen LogP contribution in [0, 0.1) is 11.8 Å². The fourth-order valence-electron chi connectivity index (χ4n) is 3.20. The Morgan fingerprint density at radius 2 is 2.00 bits per heavy atom. The van der Waals surface area contributed by atoms with E-state index in [-0.39, 0.29) is 29.0 Å². The van der Waals surface area contributed by atoms with Crippen molar-refractivity contribution in [3.05, 3.63) is 30.3 Å². The number of nitrogens with two attached hydrogens (primary N) is 1. The second-order valence-corrected chi connectivity index (χ2v) is 8.87. The highest BCUT2D eigenvalue weighted by Gasteiger charge is 2.43. The normalized spacial score (nSPS) is 23.1. The molecule has 1 heterocycles. The Labute approximate surface area is 150 Å². The molecule has 7 heteroatoms. The van der Waals surface area contributed by atoms with E-state index in [2.05, 4.69) is 24.3 Å². The Hall–Kier alpha value is -1.44. The van der Waals surface area contributed by atoms with Crippen LogP contribution in [0.3, 0.4) is 0 Å². The lowest BCUT2D eigenvalue weighted by Crippen LogP contribution is -2.39. The van der Waals surface area contributed by atoms with Crippen molar-refractivity contribution < 1.29 is 13.2 Å². The summed E-state index contributed by atoms with van der Waals surface area (Å²) < 4.78 is 30.9. The largest absolute Gasteiger partial charge is 0.369 e. The molecule has 1 fully saturated rings. The van der Waals surface area contributed by atoms with E-state index in [9.17, 15) is 8.42 Å². The van der Waals surface area contributed by atoms with Crippen LogP contribution in [0.1, 0.15) is 40.0 Å². The van der Waals surface area contributed by atoms with Crippen LogP contribution < -0.4 is 11.3 Å². The Morgan fingerprint density at radius 1 is 1.32 bits per heavy atom. The van der Waals surface area contributed by atoms with Crippen LogP contribution in [-0.4, -0.2) is 31.5 Å². The Balaban J connectivity index is 1.94. The van der Waals surface area contributed by atoms with Crippen molar-refractivity contribution in [1.29, 1.82) is 0 Å². The minimum Gasteiger partial charge on any atom is -0.369 e. The molecule has 6 nitrogen and oxygen atoms in total. The SMILES string of the molecule is CCC[C@@H](C)[C@H]1O[C@@H]1C[C@H](C)CS(=O)(=O)C(=Nc1ccccc1)NN. The van der Waals surface area contributed by atoms with Gasteiger partial charge in [-0.15, -0.1) is 0 Å². The molecule has 2 rings (SSSR count). The van der Waals surface area contributed by atoms with E-state index in [0.717, 1.165) is 19.3 Å². The van der Waals surface area contributed by atoms with E-state index in [1.165, 1.54) is 0 Å². The van der Waals surface area contributed by atoms with Crippen molar-refractivity contribution in [2.24, 2.45) is 22.7 Å². The number of benzene rings is 1. The first-order valence-electron chi connectivity index (χ1n) is 8.86. The molecule has 0 unspecified atom stereocenters. The second kappa shape index (κ2) is 8.78. The third kappa shape index (κ3) is 5.80. The van der Waals surface area contributed by atoms with Gasteiger partial charge in [0.2, 0.25) is 15.0 Å². The molecule has 0 saturated carbocycles. The third-order valence-corrected chi connectivity index (χ3v) is 6.28. The molecule has 1 aromatic rings. The summed E-state index contributed by atoms with van der Waals surface area (Å²) in [7, 11) is -3.58. The van der Waals surface area contributed by atoms with Gasteiger partial charge in [-0.1, -0.05) is 45.4 Å². The maximum atomic E-state index is 12.6. The number of nitrogens with zero attached hydrogens (tertiary/aromatic N) is 1. The number of para-hydroxylation sites is 1. The molecule has 0 aromatic heterocycles. The predicted octanol–water partition coefficient (Wildman–Crippen LogP) is 2.78. The smallest absolute Gasteiger partial charge is 0.235 e. The Kier molecular flexibility index (Phi) is 6.98. The minimum absolute atomic E-state index is 0.00238. The van der Waals surface area contributed by atoms with Gasteiger partial charge in [0.1, 0.15) is 0 Å². The third-order valence-electron chi connectivity index (χ3n) is 4.47. The van der Waals surface area contributed by atoms with Gasteiger partial charge in [0.15, 0.2) is 0 Å². The summed E-state index contributed by atoms with van der Waals surface area (Å²) in [6.45, 7) is 6.28. The number of hydrazine groups is 1. The standard InChI is InChI=1S/C18H29N3O3S/c1-4-8-14(3)17-16(24-17)11-13(2)12-25(22,23)18(21-19)20-15-9-6-5-7-10-15/h5-7,9-10,13-14,16-17H,4,8,11-12,19H2,1-3H3,(H,20,21)/t13-,14+,16+,17+/m0/s1. The van der Waals surface area contributed by atoms with Crippen molar-refractivity contribution in [2.45, 2.75) is 52.2 Å². The van der Waals surface area contributed by atoms with Crippen LogP contribution in [-0.2, 0) is 14.6 Å². The van der Waals surface area contributed by atoms with Gasteiger partial charge in [-0.05, 0) is 36.8 Å². The van der Waals surface area contributed by atoms with E-state index in [0.29, 0.717) is 11.6 Å². The van der Waals surface area contributed by atoms with Crippen LogP contribution in [0.15, 0.2) is 35.3 Å². The zero-order valence-corrected chi connectivity index (χ0v) is 16.0. The predicted molar refractivity (Wildman–Crippen MR) is 101 cm³/mol. The molecule has 0 bridgehead atoms. The first kappa shape index (κ1) is 19.9. The van der Waals surface area contributed by atoms with Gasteiger partial charge in [0.05, 0.1) is 23.6 Å². The van der Waals surface area contributed by atoms with E-state index in [1.54, 1.807) is 24.3 Å². The molecule has 0 radical (unpaired) electrons. The second-order valence-electron chi connectivity index (χ2n) is 6.92. The van der Waals surface area contributed by atoms with Crippen LogP contribution in [0.25, 0.3) is 0 Å². The van der Waals surface area contributed by atoms with E-state index < -0.39 is 9.84 Å². The van der Waals surface area contributed by atoms with Crippen LogP contribution in [0.5, 0.6) is 0 Å². The van der Waals surface area contributed by atoms with Crippen molar-refractivity contribution in [3.63, 3.8) is 0 Å². The average Bonchev–Trinajstić information content (AvgIpc) is 3.32. The lowest BCUT2D eigenvalue weighted by atomic mass is 9.96. The molecule has 1 aliphatic rings. The Bertz CT molecular complexity index is 676. The summed E-state index contributed by atoms with van der Waals surface area (Å²) in [5.41, 5.74) is 2.79. The molecular formula is C18H29N3O3S. The number of amidine groups is 1. The maximum absolute atomic E-state index is 12.6. The van der Waals surface area contributed by atoms with E-state index >= 15 is 0 Å². The zero-order chi connectivity index (χ0) is 18.4. The number of ether oxygens (including phenoxy) is 1. The number of nitrogens with one attached hydrogen (secondary N) is 1. The summed E-state index contributed by atoms with van der Waals surface area (Å²) in [5.74, 6) is 5.91. The molecule has 0 spiro atoms. The highest BCUT2D eigenvalue weighted by molar-refractivity contribution is 8.06. The minimum atomic E-state index is -3.58. The summed E-state index contributed by atoms with van der Waals surface area (Å²) in [4.78, 5) is 4.13. The van der Waals surface area contributed by atoms with Crippen molar-refractivity contribution in [3.8, 4) is 0 Å². The number of hydrogen-bond donors (Lipinski definition) is 2. The monoisotopic (exact) mass is 367 g/mol. The highest BCUT2D eigenvalue weighted by atomic mass is 32.2. The molecule has 25 heavy (non-hydrogen) atoms. The lowest BCUT2D eigenvalue weighted by molar-refractivity contribution is 0.307. The van der Waals surface area contributed by atoms with Gasteiger partial charge in [0, 0.05) is 0 Å². The van der Waals surface area contributed by atoms with Gasteiger partial charge >= 0.3 is 0 Å². The fourth-order valence-corrected chi connectivity index (χ4v) is 4.66. The molecule has 4 atom stereocenters. The highest BCUT2D eigenvalue weighted by Crippen LogP contribution is 2.36. The van der Waals surface area contributed by atoms with Gasteiger partial charge < -0.3 is 4.74 Å². The molecule has 1 aromatic carbocycles. The molecule has 140 valence electrons. The van der Waals surface area contributed by atoms with Gasteiger partial charge in [-0.25, -0.2) is 19.3 Å².